The number of rotatable bonds is 10. The second kappa shape index (κ2) is 11.7. The lowest BCUT2D eigenvalue weighted by atomic mass is 10.1. The first-order chi connectivity index (χ1) is 7.31. The molecule has 0 amide bonds. The SMILES string of the molecule is CCCCC/C=C/C(F)CCCCCC. The van der Waals surface area contributed by atoms with Crippen LogP contribution in [0.2, 0.25) is 0 Å². The summed E-state index contributed by atoms with van der Waals surface area (Å²) in [6.45, 7) is 4.37. The molecule has 0 bridgehead atoms. The van der Waals surface area contributed by atoms with Gasteiger partial charge in [0.25, 0.3) is 0 Å². The number of unbranched alkanes of at least 4 members (excludes halogenated alkanes) is 6. The van der Waals surface area contributed by atoms with Crippen LogP contribution in [0, 0.1) is 0 Å². The van der Waals surface area contributed by atoms with Gasteiger partial charge in [-0.2, -0.15) is 0 Å². The van der Waals surface area contributed by atoms with Crippen molar-refractivity contribution < 1.29 is 4.39 Å². The third-order valence-corrected chi connectivity index (χ3v) is 2.65. The first-order valence-electron chi connectivity index (χ1n) is 6.62. The number of hydrogen-bond acceptors (Lipinski definition) is 0. The molecule has 0 aromatic carbocycles. The molecule has 0 aromatic rings. The van der Waals surface area contributed by atoms with E-state index in [1.165, 1.54) is 38.5 Å². The lowest BCUT2D eigenvalue weighted by Crippen LogP contribution is -1.94. The van der Waals surface area contributed by atoms with E-state index >= 15 is 0 Å². The fraction of sp³-hybridized carbons (Fsp3) is 0.857. The van der Waals surface area contributed by atoms with E-state index in [0.717, 1.165) is 12.8 Å². The minimum atomic E-state index is -0.705. The smallest absolute Gasteiger partial charge is 0.118 e. The topological polar surface area (TPSA) is 0 Å². The predicted octanol–water partition coefficient (Wildman–Crippen LogP) is 5.43. The van der Waals surface area contributed by atoms with Gasteiger partial charge in [-0.05, 0) is 19.3 Å². The summed E-state index contributed by atoms with van der Waals surface area (Å²) in [6.07, 6.45) is 13.2. The summed E-state index contributed by atoms with van der Waals surface area (Å²) in [4.78, 5) is 0. The molecule has 1 atom stereocenters. The minimum Gasteiger partial charge on any atom is -0.243 e. The molecule has 0 heterocycles. The Bertz CT molecular complexity index is 140. The molecule has 0 rings (SSSR count). The van der Waals surface area contributed by atoms with Crippen molar-refractivity contribution in [1.29, 1.82) is 0 Å². The van der Waals surface area contributed by atoms with Crippen LogP contribution in [0.15, 0.2) is 12.2 Å². The summed E-state index contributed by atoms with van der Waals surface area (Å²) >= 11 is 0. The van der Waals surface area contributed by atoms with Crippen molar-refractivity contribution in [3.05, 3.63) is 12.2 Å². The molecule has 90 valence electrons. The highest BCUT2D eigenvalue weighted by atomic mass is 19.1. The fourth-order valence-corrected chi connectivity index (χ4v) is 1.62. The number of allylic oxidation sites excluding steroid dienone is 2. The molecule has 1 heteroatoms. The zero-order valence-corrected chi connectivity index (χ0v) is 10.5. The van der Waals surface area contributed by atoms with Crippen LogP contribution in [0.4, 0.5) is 4.39 Å². The molecular weight excluding hydrogens is 187 g/mol. The molecule has 0 nitrogen and oxygen atoms in total. The van der Waals surface area contributed by atoms with Crippen molar-refractivity contribution in [2.75, 3.05) is 0 Å². The summed E-state index contributed by atoms with van der Waals surface area (Å²) in [7, 11) is 0. The van der Waals surface area contributed by atoms with Crippen molar-refractivity contribution >= 4 is 0 Å². The Morgan fingerprint density at radius 2 is 1.60 bits per heavy atom. The van der Waals surface area contributed by atoms with Gasteiger partial charge in [0.15, 0.2) is 0 Å². The van der Waals surface area contributed by atoms with Crippen LogP contribution in [0.5, 0.6) is 0 Å². The molecule has 0 aliphatic heterocycles. The van der Waals surface area contributed by atoms with Gasteiger partial charge >= 0.3 is 0 Å². The van der Waals surface area contributed by atoms with Crippen LogP contribution >= 0.6 is 0 Å². The molecule has 0 saturated heterocycles. The van der Waals surface area contributed by atoms with Crippen molar-refractivity contribution in [1.82, 2.24) is 0 Å². The van der Waals surface area contributed by atoms with Crippen LogP contribution in [-0.2, 0) is 0 Å². The lowest BCUT2D eigenvalue weighted by molar-refractivity contribution is 0.364. The molecule has 0 aromatic heterocycles. The van der Waals surface area contributed by atoms with Crippen molar-refractivity contribution in [2.24, 2.45) is 0 Å². The number of hydrogen-bond donors (Lipinski definition) is 0. The maximum atomic E-state index is 13.3. The van der Waals surface area contributed by atoms with Gasteiger partial charge < -0.3 is 0 Å². The number of alkyl halides is 1. The summed E-state index contributed by atoms with van der Waals surface area (Å²) in [5, 5.41) is 0. The Hall–Kier alpha value is -0.330. The van der Waals surface area contributed by atoms with Gasteiger partial charge in [0, 0.05) is 0 Å². The Kier molecular flexibility index (Phi) is 11.5. The van der Waals surface area contributed by atoms with E-state index in [1.54, 1.807) is 6.08 Å². The molecule has 0 spiro atoms. The second-order valence-electron chi connectivity index (χ2n) is 4.29. The van der Waals surface area contributed by atoms with Gasteiger partial charge in [-0.3, -0.25) is 0 Å². The van der Waals surface area contributed by atoms with Gasteiger partial charge in [-0.25, -0.2) is 4.39 Å². The van der Waals surface area contributed by atoms with Gasteiger partial charge in [-0.15, -0.1) is 0 Å². The van der Waals surface area contributed by atoms with Gasteiger partial charge in [0.2, 0.25) is 0 Å². The second-order valence-corrected chi connectivity index (χ2v) is 4.29. The first kappa shape index (κ1) is 14.7. The lowest BCUT2D eigenvalue weighted by Gasteiger charge is -2.02. The van der Waals surface area contributed by atoms with E-state index in [1.807, 2.05) is 6.08 Å². The molecule has 0 aliphatic rings. The molecule has 0 fully saturated rings. The normalized spacial score (nSPS) is 13.5. The van der Waals surface area contributed by atoms with Crippen LogP contribution in [-0.4, -0.2) is 6.17 Å². The molecule has 15 heavy (non-hydrogen) atoms. The highest BCUT2D eigenvalue weighted by Crippen LogP contribution is 2.10. The monoisotopic (exact) mass is 214 g/mol. The predicted molar refractivity (Wildman–Crippen MR) is 66.9 cm³/mol. The number of halogens is 1. The first-order valence-corrected chi connectivity index (χ1v) is 6.62. The molecule has 0 N–H and O–H groups in total. The highest BCUT2D eigenvalue weighted by Gasteiger charge is 1.99. The van der Waals surface area contributed by atoms with Crippen LogP contribution < -0.4 is 0 Å². The minimum absolute atomic E-state index is 0.705. The van der Waals surface area contributed by atoms with Crippen LogP contribution in [0.3, 0.4) is 0 Å². The van der Waals surface area contributed by atoms with Crippen LogP contribution in [0.1, 0.15) is 71.6 Å². The van der Waals surface area contributed by atoms with E-state index in [9.17, 15) is 4.39 Å². The molecular formula is C14H27F. The Morgan fingerprint density at radius 1 is 0.933 bits per heavy atom. The third-order valence-electron chi connectivity index (χ3n) is 2.65. The standard InChI is InChI=1S/C14H27F/c1-3-5-7-9-11-13-14(15)12-10-8-6-4-2/h11,13-14H,3-10,12H2,1-2H3/b13-11+. The summed E-state index contributed by atoms with van der Waals surface area (Å²) in [5.74, 6) is 0. The van der Waals surface area contributed by atoms with Crippen molar-refractivity contribution in [3.8, 4) is 0 Å². The summed E-state index contributed by atoms with van der Waals surface area (Å²) in [6, 6.07) is 0. The molecule has 0 saturated carbocycles. The summed E-state index contributed by atoms with van der Waals surface area (Å²) < 4.78 is 13.3. The van der Waals surface area contributed by atoms with E-state index < -0.39 is 6.17 Å². The zero-order valence-electron chi connectivity index (χ0n) is 10.5. The van der Waals surface area contributed by atoms with Crippen molar-refractivity contribution in [3.63, 3.8) is 0 Å². The third kappa shape index (κ3) is 11.6. The zero-order chi connectivity index (χ0) is 11.4. The van der Waals surface area contributed by atoms with Crippen molar-refractivity contribution in [2.45, 2.75) is 77.8 Å². The average molecular weight is 214 g/mol. The quantitative estimate of drug-likeness (QED) is 0.336. The van der Waals surface area contributed by atoms with E-state index in [4.69, 9.17) is 0 Å². The van der Waals surface area contributed by atoms with E-state index in [0.29, 0.717) is 6.42 Å². The maximum Gasteiger partial charge on any atom is 0.118 e. The van der Waals surface area contributed by atoms with Gasteiger partial charge in [0.05, 0.1) is 0 Å². The highest BCUT2D eigenvalue weighted by molar-refractivity contribution is 4.88. The molecule has 0 aliphatic carbocycles. The Labute approximate surface area is 95.0 Å². The average Bonchev–Trinajstić information content (AvgIpc) is 2.24. The maximum absolute atomic E-state index is 13.3. The van der Waals surface area contributed by atoms with E-state index in [2.05, 4.69) is 13.8 Å². The summed E-state index contributed by atoms with van der Waals surface area (Å²) in [5.41, 5.74) is 0. The van der Waals surface area contributed by atoms with Crippen LogP contribution in [0.25, 0.3) is 0 Å². The van der Waals surface area contributed by atoms with E-state index in [-0.39, 0.29) is 0 Å². The molecule has 0 radical (unpaired) electrons. The van der Waals surface area contributed by atoms with Gasteiger partial charge in [-0.1, -0.05) is 64.5 Å². The molecule has 1 unspecified atom stereocenters. The fourth-order valence-electron chi connectivity index (χ4n) is 1.62. The Balaban J connectivity index is 3.26. The van der Waals surface area contributed by atoms with Gasteiger partial charge in [0.1, 0.15) is 6.17 Å². The Morgan fingerprint density at radius 3 is 2.27 bits per heavy atom. The largest absolute Gasteiger partial charge is 0.243 e.